The summed E-state index contributed by atoms with van der Waals surface area (Å²) < 4.78 is 0. The van der Waals surface area contributed by atoms with Crippen LogP contribution in [0.15, 0.2) is 12.2 Å². The zero-order valence-electron chi connectivity index (χ0n) is 10.4. The number of amides is 1. The molecule has 0 spiro atoms. The molecule has 0 bridgehead atoms. The number of hydrogen-bond acceptors (Lipinski definition) is 3. The molecule has 1 amide bonds. The second kappa shape index (κ2) is 5.52. The van der Waals surface area contributed by atoms with Crippen molar-refractivity contribution < 1.29 is 14.7 Å². The van der Waals surface area contributed by atoms with E-state index in [4.69, 9.17) is 5.73 Å². The lowest BCUT2D eigenvalue weighted by Crippen LogP contribution is -2.41. The van der Waals surface area contributed by atoms with E-state index in [1.54, 1.807) is 4.90 Å². The molecule has 3 N–H and O–H groups in total. The smallest absolute Gasteiger partial charge is 0.307 e. The van der Waals surface area contributed by atoms with Gasteiger partial charge in [0.15, 0.2) is 0 Å². The molecule has 18 heavy (non-hydrogen) atoms. The fraction of sp³-hybridized carbons (Fsp3) is 0.692. The fourth-order valence-electron chi connectivity index (χ4n) is 2.82. The molecule has 0 saturated carbocycles. The van der Waals surface area contributed by atoms with E-state index < -0.39 is 17.8 Å². The first kappa shape index (κ1) is 13.1. The molecule has 1 fully saturated rings. The third kappa shape index (κ3) is 2.56. The van der Waals surface area contributed by atoms with Crippen LogP contribution in [0, 0.1) is 17.8 Å². The van der Waals surface area contributed by atoms with E-state index in [2.05, 4.69) is 0 Å². The highest BCUT2D eigenvalue weighted by atomic mass is 16.4. The van der Waals surface area contributed by atoms with Crippen molar-refractivity contribution in [2.24, 2.45) is 23.5 Å². The van der Waals surface area contributed by atoms with Gasteiger partial charge in [-0.05, 0) is 31.7 Å². The number of carboxylic acids is 1. The zero-order chi connectivity index (χ0) is 13.1. The van der Waals surface area contributed by atoms with Gasteiger partial charge in [0.05, 0.1) is 11.8 Å². The van der Waals surface area contributed by atoms with Crippen LogP contribution in [0.4, 0.5) is 0 Å². The Labute approximate surface area is 107 Å². The Morgan fingerprint density at radius 1 is 1.28 bits per heavy atom. The predicted molar refractivity (Wildman–Crippen MR) is 66.7 cm³/mol. The lowest BCUT2D eigenvalue weighted by molar-refractivity contribution is -0.150. The van der Waals surface area contributed by atoms with Crippen LogP contribution in [-0.4, -0.2) is 41.5 Å². The maximum atomic E-state index is 12.4. The number of rotatable bonds is 3. The number of hydrogen-bond donors (Lipinski definition) is 2. The summed E-state index contributed by atoms with van der Waals surface area (Å²) in [7, 11) is 0. The number of carbonyl (C=O) groups is 2. The molecule has 5 heteroatoms. The lowest BCUT2D eigenvalue weighted by Gasteiger charge is -2.28. The topological polar surface area (TPSA) is 83.6 Å². The minimum atomic E-state index is -0.868. The summed E-state index contributed by atoms with van der Waals surface area (Å²) >= 11 is 0. The van der Waals surface area contributed by atoms with Crippen LogP contribution < -0.4 is 5.73 Å². The maximum absolute atomic E-state index is 12.4. The molecule has 0 aromatic rings. The monoisotopic (exact) mass is 252 g/mol. The van der Waals surface area contributed by atoms with Crippen LogP contribution in [0.1, 0.15) is 19.3 Å². The quantitative estimate of drug-likeness (QED) is 0.715. The molecule has 0 radical (unpaired) electrons. The molecule has 2 aliphatic rings. The molecule has 5 nitrogen and oxygen atoms in total. The molecule has 2 rings (SSSR count). The van der Waals surface area contributed by atoms with Gasteiger partial charge < -0.3 is 15.7 Å². The van der Waals surface area contributed by atoms with Crippen molar-refractivity contribution in [1.82, 2.24) is 4.90 Å². The van der Waals surface area contributed by atoms with Gasteiger partial charge >= 0.3 is 5.97 Å². The Kier molecular flexibility index (Phi) is 4.01. The van der Waals surface area contributed by atoms with E-state index in [0.29, 0.717) is 38.4 Å². The van der Waals surface area contributed by atoms with E-state index in [-0.39, 0.29) is 5.91 Å². The summed E-state index contributed by atoms with van der Waals surface area (Å²) in [5.41, 5.74) is 5.61. The highest BCUT2D eigenvalue weighted by molar-refractivity contribution is 5.85. The minimum absolute atomic E-state index is 0.0114. The molecule has 3 atom stereocenters. The van der Waals surface area contributed by atoms with Gasteiger partial charge in [0.2, 0.25) is 5.91 Å². The number of nitrogens with two attached hydrogens (primary N) is 1. The Balaban J connectivity index is 2.03. The number of aliphatic carboxylic acids is 1. The van der Waals surface area contributed by atoms with E-state index >= 15 is 0 Å². The molecule has 1 heterocycles. The van der Waals surface area contributed by atoms with Crippen LogP contribution >= 0.6 is 0 Å². The van der Waals surface area contributed by atoms with E-state index in [1.165, 1.54) is 0 Å². The van der Waals surface area contributed by atoms with Gasteiger partial charge in [-0.1, -0.05) is 12.2 Å². The summed E-state index contributed by atoms with van der Waals surface area (Å²) in [4.78, 5) is 25.3. The third-order valence-electron chi connectivity index (χ3n) is 4.00. The van der Waals surface area contributed by atoms with E-state index in [0.717, 1.165) is 6.42 Å². The van der Waals surface area contributed by atoms with Gasteiger partial charge in [-0.3, -0.25) is 9.59 Å². The van der Waals surface area contributed by atoms with Crippen LogP contribution in [0.3, 0.4) is 0 Å². The maximum Gasteiger partial charge on any atom is 0.307 e. The molecule has 1 saturated heterocycles. The molecular weight excluding hydrogens is 232 g/mol. The Hall–Kier alpha value is -1.36. The van der Waals surface area contributed by atoms with E-state index in [1.807, 2.05) is 12.2 Å². The first-order valence-corrected chi connectivity index (χ1v) is 6.50. The van der Waals surface area contributed by atoms with Gasteiger partial charge in [0, 0.05) is 13.1 Å². The normalized spacial score (nSPS) is 31.6. The average molecular weight is 252 g/mol. The largest absolute Gasteiger partial charge is 0.481 e. The summed E-state index contributed by atoms with van der Waals surface area (Å²) in [6.07, 6.45) is 5.70. The van der Waals surface area contributed by atoms with Gasteiger partial charge in [-0.2, -0.15) is 0 Å². The molecule has 100 valence electrons. The number of carboxylic acid groups (broad SMARTS) is 1. The molecule has 1 aliphatic heterocycles. The third-order valence-corrected chi connectivity index (χ3v) is 4.00. The van der Waals surface area contributed by atoms with Crippen molar-refractivity contribution >= 4 is 11.9 Å². The van der Waals surface area contributed by atoms with Crippen molar-refractivity contribution in [2.45, 2.75) is 19.3 Å². The van der Waals surface area contributed by atoms with Crippen molar-refractivity contribution in [3.63, 3.8) is 0 Å². The average Bonchev–Trinajstić information content (AvgIpc) is 2.86. The van der Waals surface area contributed by atoms with Crippen molar-refractivity contribution in [1.29, 1.82) is 0 Å². The van der Waals surface area contributed by atoms with E-state index in [9.17, 15) is 14.7 Å². The summed E-state index contributed by atoms with van der Waals surface area (Å²) in [6.45, 7) is 1.99. The van der Waals surface area contributed by atoms with Crippen LogP contribution in [0.25, 0.3) is 0 Å². The SMILES string of the molecule is NCC1CCN(C(=O)[C@@H]2CC=CC[C@@H]2C(=O)O)C1. The Morgan fingerprint density at radius 2 is 1.94 bits per heavy atom. The highest BCUT2D eigenvalue weighted by Crippen LogP contribution is 2.29. The van der Waals surface area contributed by atoms with Gasteiger partial charge in [0.25, 0.3) is 0 Å². The van der Waals surface area contributed by atoms with Crippen LogP contribution in [0.2, 0.25) is 0 Å². The van der Waals surface area contributed by atoms with Crippen molar-refractivity contribution in [3.05, 3.63) is 12.2 Å². The number of carbonyl (C=O) groups excluding carboxylic acids is 1. The standard InChI is InChI=1S/C13H20N2O3/c14-7-9-5-6-15(8-9)12(16)10-3-1-2-4-11(10)13(17)18/h1-2,9-11H,3-8,14H2,(H,17,18)/t9?,10-,11+/m1/s1. The predicted octanol–water partition coefficient (Wildman–Crippen LogP) is 0.461. The van der Waals surface area contributed by atoms with Crippen molar-refractivity contribution in [2.75, 3.05) is 19.6 Å². The molecule has 1 aliphatic carbocycles. The number of nitrogens with zero attached hydrogens (tertiary/aromatic N) is 1. The second-order valence-corrected chi connectivity index (χ2v) is 5.17. The molecule has 1 unspecified atom stereocenters. The molecule has 0 aromatic heterocycles. The molecule has 0 aromatic carbocycles. The number of allylic oxidation sites excluding steroid dienone is 2. The summed E-state index contributed by atoms with van der Waals surface area (Å²) in [5, 5.41) is 9.17. The Morgan fingerprint density at radius 3 is 2.50 bits per heavy atom. The fourth-order valence-corrected chi connectivity index (χ4v) is 2.82. The first-order valence-electron chi connectivity index (χ1n) is 6.50. The van der Waals surface area contributed by atoms with Crippen LogP contribution in [-0.2, 0) is 9.59 Å². The van der Waals surface area contributed by atoms with Gasteiger partial charge in [0.1, 0.15) is 0 Å². The summed E-state index contributed by atoms with van der Waals surface area (Å²) in [6, 6.07) is 0. The zero-order valence-corrected chi connectivity index (χ0v) is 10.4. The second-order valence-electron chi connectivity index (χ2n) is 5.17. The lowest BCUT2D eigenvalue weighted by atomic mass is 9.82. The molecular formula is C13H20N2O3. The first-order chi connectivity index (χ1) is 8.63. The highest BCUT2D eigenvalue weighted by Gasteiger charge is 2.38. The van der Waals surface area contributed by atoms with Gasteiger partial charge in [-0.15, -0.1) is 0 Å². The number of likely N-dealkylation sites (tertiary alicyclic amines) is 1. The Bertz CT molecular complexity index is 367. The summed E-state index contributed by atoms with van der Waals surface area (Å²) in [5.74, 6) is -1.48. The van der Waals surface area contributed by atoms with Crippen molar-refractivity contribution in [3.8, 4) is 0 Å². The van der Waals surface area contributed by atoms with Crippen LogP contribution in [0.5, 0.6) is 0 Å². The minimum Gasteiger partial charge on any atom is -0.481 e. The van der Waals surface area contributed by atoms with Gasteiger partial charge in [-0.25, -0.2) is 0 Å².